The second-order valence-corrected chi connectivity index (χ2v) is 7.68. The Morgan fingerprint density at radius 3 is 2.52 bits per heavy atom. The van der Waals surface area contributed by atoms with Crippen molar-refractivity contribution in [2.75, 3.05) is 26.2 Å². The molecule has 0 radical (unpaired) electrons. The van der Waals surface area contributed by atoms with Gasteiger partial charge in [0.05, 0.1) is 0 Å². The number of carboxylic acids is 1. The van der Waals surface area contributed by atoms with Gasteiger partial charge in [-0.1, -0.05) is 12.1 Å². The highest BCUT2D eigenvalue weighted by Gasteiger charge is 2.28. The number of aromatic nitrogens is 1. The number of ether oxygens (including phenoxy) is 1. The third kappa shape index (κ3) is 4.78. The fraction of sp³-hybridized carbons (Fsp3) is 0.474. The number of carboxylic acid groups (broad SMARTS) is 1. The van der Waals surface area contributed by atoms with E-state index in [9.17, 15) is 14.7 Å². The van der Waals surface area contributed by atoms with Gasteiger partial charge in [-0.15, -0.1) is 0 Å². The summed E-state index contributed by atoms with van der Waals surface area (Å²) in [6, 6.07) is 6.65. The molecule has 1 aromatic heterocycles. The molecular weight excluding hydrogens is 348 g/mol. The molecule has 1 aliphatic heterocycles. The zero-order valence-electron chi connectivity index (χ0n) is 15.9. The van der Waals surface area contributed by atoms with Crippen LogP contribution in [-0.2, 0) is 9.53 Å². The minimum absolute atomic E-state index is 0.339. The molecule has 8 nitrogen and oxygen atoms in total. The van der Waals surface area contributed by atoms with Crippen molar-refractivity contribution in [3.05, 3.63) is 36.0 Å². The summed E-state index contributed by atoms with van der Waals surface area (Å²) in [5.74, 6) is -0.949. The lowest BCUT2D eigenvalue weighted by Crippen LogP contribution is -2.55. The number of nitrogens with one attached hydrogen (secondary N) is 2. The van der Waals surface area contributed by atoms with Crippen molar-refractivity contribution in [2.24, 2.45) is 0 Å². The van der Waals surface area contributed by atoms with Crippen LogP contribution in [0, 0.1) is 0 Å². The van der Waals surface area contributed by atoms with Gasteiger partial charge in [0.1, 0.15) is 11.6 Å². The van der Waals surface area contributed by atoms with Gasteiger partial charge in [-0.05, 0) is 43.9 Å². The molecule has 27 heavy (non-hydrogen) atoms. The molecule has 2 heterocycles. The summed E-state index contributed by atoms with van der Waals surface area (Å²) in [7, 11) is 0. The third-order valence-corrected chi connectivity index (χ3v) is 4.40. The van der Waals surface area contributed by atoms with Gasteiger partial charge < -0.3 is 19.7 Å². The van der Waals surface area contributed by atoms with Crippen molar-refractivity contribution in [1.82, 2.24) is 20.3 Å². The molecule has 1 aromatic carbocycles. The molecular formula is C19H26N4O4. The minimum atomic E-state index is -0.949. The molecule has 8 heteroatoms. The number of carbonyl (C=O) groups is 2. The summed E-state index contributed by atoms with van der Waals surface area (Å²) in [5, 5.41) is 12.5. The maximum atomic E-state index is 12.1. The second kappa shape index (κ2) is 7.58. The van der Waals surface area contributed by atoms with Crippen LogP contribution < -0.4 is 5.43 Å². The van der Waals surface area contributed by atoms with E-state index in [-0.39, 0.29) is 6.09 Å². The SMILES string of the molecule is CC(C)(C)OC(=O)N1CCN(NC(C(=O)O)c2ccc3cc[nH]c3c2)CC1. The fourth-order valence-electron chi connectivity index (χ4n) is 3.04. The van der Waals surface area contributed by atoms with Crippen LogP contribution in [0.4, 0.5) is 4.79 Å². The number of H-pyrrole nitrogens is 1. The lowest BCUT2D eigenvalue weighted by atomic mass is 10.1. The maximum Gasteiger partial charge on any atom is 0.410 e. The Morgan fingerprint density at radius 2 is 1.89 bits per heavy atom. The van der Waals surface area contributed by atoms with Crippen molar-refractivity contribution in [1.29, 1.82) is 0 Å². The molecule has 1 atom stereocenters. The number of hydrazine groups is 1. The van der Waals surface area contributed by atoms with E-state index >= 15 is 0 Å². The summed E-state index contributed by atoms with van der Waals surface area (Å²) in [4.78, 5) is 28.7. The van der Waals surface area contributed by atoms with Crippen molar-refractivity contribution >= 4 is 23.0 Å². The number of aliphatic carboxylic acids is 1. The molecule has 146 valence electrons. The van der Waals surface area contributed by atoms with Crippen LogP contribution >= 0.6 is 0 Å². The number of aromatic amines is 1. The number of carbonyl (C=O) groups excluding carboxylic acids is 1. The Balaban J connectivity index is 1.62. The van der Waals surface area contributed by atoms with Crippen LogP contribution in [0.3, 0.4) is 0 Å². The summed E-state index contributed by atoms with van der Waals surface area (Å²) in [5.41, 5.74) is 4.12. The molecule has 1 unspecified atom stereocenters. The number of hydrogen-bond acceptors (Lipinski definition) is 5. The van der Waals surface area contributed by atoms with Crippen LogP contribution in [0.25, 0.3) is 10.9 Å². The van der Waals surface area contributed by atoms with E-state index < -0.39 is 17.6 Å². The van der Waals surface area contributed by atoms with Crippen LogP contribution in [0.2, 0.25) is 0 Å². The Labute approximate surface area is 158 Å². The first-order valence-electron chi connectivity index (χ1n) is 9.02. The van der Waals surface area contributed by atoms with Crippen molar-refractivity contribution in [3.63, 3.8) is 0 Å². The Hall–Kier alpha value is -2.58. The second-order valence-electron chi connectivity index (χ2n) is 7.68. The maximum absolute atomic E-state index is 12.1. The largest absolute Gasteiger partial charge is 0.480 e. The number of hydrogen-bond donors (Lipinski definition) is 3. The van der Waals surface area contributed by atoms with Crippen molar-refractivity contribution in [2.45, 2.75) is 32.4 Å². The van der Waals surface area contributed by atoms with Crippen LogP contribution in [-0.4, -0.2) is 63.8 Å². The number of piperazine rings is 1. The topological polar surface area (TPSA) is 97.9 Å². The third-order valence-electron chi connectivity index (χ3n) is 4.40. The predicted octanol–water partition coefficient (Wildman–Crippen LogP) is 2.35. The Bertz CT molecular complexity index is 818. The predicted molar refractivity (Wildman–Crippen MR) is 101 cm³/mol. The van der Waals surface area contributed by atoms with E-state index in [0.29, 0.717) is 31.7 Å². The van der Waals surface area contributed by atoms with E-state index in [1.807, 2.05) is 56.2 Å². The molecule has 0 saturated carbocycles. The normalized spacial score (nSPS) is 17.1. The van der Waals surface area contributed by atoms with E-state index in [0.717, 1.165) is 10.9 Å². The molecule has 0 bridgehead atoms. The number of rotatable bonds is 4. The molecule has 2 aromatic rings. The van der Waals surface area contributed by atoms with E-state index in [1.165, 1.54) is 0 Å². The van der Waals surface area contributed by atoms with E-state index in [1.54, 1.807) is 4.90 Å². The van der Waals surface area contributed by atoms with Crippen LogP contribution in [0.1, 0.15) is 32.4 Å². The summed E-state index contributed by atoms with van der Waals surface area (Å²) < 4.78 is 5.38. The number of benzene rings is 1. The average molecular weight is 374 g/mol. The summed E-state index contributed by atoms with van der Waals surface area (Å²) in [6.07, 6.45) is 1.49. The quantitative estimate of drug-likeness (QED) is 0.760. The Morgan fingerprint density at radius 1 is 1.19 bits per heavy atom. The molecule has 0 spiro atoms. The molecule has 0 aliphatic carbocycles. The van der Waals surface area contributed by atoms with Gasteiger partial charge in [-0.25, -0.2) is 15.2 Å². The van der Waals surface area contributed by atoms with Gasteiger partial charge in [-0.2, -0.15) is 0 Å². The monoisotopic (exact) mass is 374 g/mol. The van der Waals surface area contributed by atoms with Crippen LogP contribution in [0.5, 0.6) is 0 Å². The molecule has 1 aliphatic rings. The summed E-state index contributed by atoms with van der Waals surface area (Å²) >= 11 is 0. The molecule has 3 rings (SSSR count). The van der Waals surface area contributed by atoms with Gasteiger partial charge in [0.2, 0.25) is 0 Å². The van der Waals surface area contributed by atoms with E-state index in [4.69, 9.17) is 4.74 Å². The average Bonchev–Trinajstić information content (AvgIpc) is 3.06. The highest BCUT2D eigenvalue weighted by molar-refractivity contribution is 5.83. The zero-order valence-corrected chi connectivity index (χ0v) is 15.9. The van der Waals surface area contributed by atoms with Gasteiger partial charge in [0, 0.05) is 37.9 Å². The van der Waals surface area contributed by atoms with Crippen molar-refractivity contribution in [3.8, 4) is 0 Å². The standard InChI is InChI=1S/C19H26N4O4/c1-19(2,3)27-18(26)22-8-10-23(11-9-22)21-16(17(24)25)14-5-4-13-6-7-20-15(13)12-14/h4-7,12,16,20-21H,8-11H2,1-3H3,(H,24,25). The lowest BCUT2D eigenvalue weighted by Gasteiger charge is -2.36. The number of nitrogens with zero attached hydrogens (tertiary/aromatic N) is 2. The van der Waals surface area contributed by atoms with Gasteiger partial charge in [0.25, 0.3) is 0 Å². The number of amides is 1. The zero-order chi connectivity index (χ0) is 19.6. The molecule has 1 fully saturated rings. The Kier molecular flexibility index (Phi) is 5.38. The molecule has 3 N–H and O–H groups in total. The van der Waals surface area contributed by atoms with E-state index in [2.05, 4.69) is 10.4 Å². The summed E-state index contributed by atoms with van der Waals surface area (Å²) in [6.45, 7) is 7.50. The first-order chi connectivity index (χ1) is 12.7. The number of fused-ring (bicyclic) bond motifs is 1. The van der Waals surface area contributed by atoms with Gasteiger partial charge in [-0.3, -0.25) is 4.79 Å². The van der Waals surface area contributed by atoms with Gasteiger partial charge >= 0.3 is 12.1 Å². The smallest absolute Gasteiger partial charge is 0.410 e. The van der Waals surface area contributed by atoms with Crippen LogP contribution in [0.15, 0.2) is 30.5 Å². The highest BCUT2D eigenvalue weighted by Crippen LogP contribution is 2.21. The fourth-order valence-corrected chi connectivity index (χ4v) is 3.04. The highest BCUT2D eigenvalue weighted by atomic mass is 16.6. The molecule has 1 amide bonds. The lowest BCUT2D eigenvalue weighted by molar-refractivity contribution is -0.141. The molecule has 1 saturated heterocycles. The first-order valence-corrected chi connectivity index (χ1v) is 9.02. The van der Waals surface area contributed by atoms with Crippen molar-refractivity contribution < 1.29 is 19.4 Å². The first kappa shape index (κ1) is 19.2. The minimum Gasteiger partial charge on any atom is -0.480 e. The van der Waals surface area contributed by atoms with Gasteiger partial charge in [0.15, 0.2) is 0 Å².